The summed E-state index contributed by atoms with van der Waals surface area (Å²) in [5.41, 5.74) is 0. The summed E-state index contributed by atoms with van der Waals surface area (Å²) in [4.78, 5) is 25.1. The van der Waals surface area contributed by atoms with Gasteiger partial charge in [0, 0.05) is 6.42 Å². The molecule has 0 aromatic carbocycles. The molecule has 352 valence electrons. The second-order valence-electron chi connectivity index (χ2n) is 18.9. The molecule has 59 heavy (non-hydrogen) atoms. The van der Waals surface area contributed by atoms with Gasteiger partial charge in [0.05, 0.1) is 39.9 Å². The number of phosphoric acid groups is 1. The van der Waals surface area contributed by atoms with E-state index >= 15 is 0 Å². The van der Waals surface area contributed by atoms with Crippen LogP contribution in [0, 0.1) is 0 Å². The molecule has 0 aromatic heterocycles. The average molecular weight is 857 g/mol. The summed E-state index contributed by atoms with van der Waals surface area (Å²) in [6.07, 6.45) is 50.7. The summed E-state index contributed by atoms with van der Waals surface area (Å²) in [7, 11) is 1.27. The topological polar surface area (TPSA) is 108 Å². The highest BCUT2D eigenvalue weighted by molar-refractivity contribution is 7.45. The van der Waals surface area contributed by atoms with Gasteiger partial charge in [0.25, 0.3) is 7.82 Å². The Morgan fingerprint density at radius 2 is 0.915 bits per heavy atom. The fourth-order valence-electron chi connectivity index (χ4n) is 7.68. The van der Waals surface area contributed by atoms with Gasteiger partial charge in [-0.05, 0) is 19.3 Å². The van der Waals surface area contributed by atoms with Crippen LogP contribution in [0.5, 0.6) is 0 Å². The predicted molar refractivity (Wildman–Crippen MR) is 252 cm³/mol. The van der Waals surface area contributed by atoms with Crippen molar-refractivity contribution in [2.45, 2.75) is 264 Å². The van der Waals surface area contributed by atoms with E-state index in [1.165, 1.54) is 186 Å². The number of allylic oxidation sites excluding steroid dienone is 1. The standard InChI is InChI=1S/C50H101N2O6P/c1-6-8-10-12-13-14-15-16-17-18-19-20-21-22-23-24-25-26-27-28-29-30-31-32-33-34-35-36-37-38-40-42-44-50(54)51-48(49(53)43-41-39-11-9-7-2)47-58-59(55,56)57-46-45-52(3,4)5/h41,43,48-49,53H,6-40,42,44-47H2,1-5H3,(H-,51,54,55,56)/b43-41+. The van der Waals surface area contributed by atoms with Crippen LogP contribution in [-0.2, 0) is 18.4 Å². The van der Waals surface area contributed by atoms with Gasteiger partial charge >= 0.3 is 0 Å². The summed E-state index contributed by atoms with van der Waals surface area (Å²) < 4.78 is 23.0. The van der Waals surface area contributed by atoms with E-state index in [0.717, 1.165) is 44.9 Å². The quantitative estimate of drug-likeness (QED) is 0.0273. The number of unbranched alkanes of at least 4 members (excludes halogenated alkanes) is 34. The fourth-order valence-corrected chi connectivity index (χ4v) is 8.41. The van der Waals surface area contributed by atoms with Crippen LogP contribution in [0.3, 0.4) is 0 Å². The fraction of sp³-hybridized carbons (Fsp3) is 0.940. The number of carbonyl (C=O) groups is 1. The smallest absolute Gasteiger partial charge is 0.268 e. The van der Waals surface area contributed by atoms with Crippen molar-refractivity contribution in [1.29, 1.82) is 0 Å². The van der Waals surface area contributed by atoms with Gasteiger partial charge in [-0.3, -0.25) is 9.36 Å². The molecule has 0 aliphatic heterocycles. The van der Waals surface area contributed by atoms with Gasteiger partial charge < -0.3 is 28.8 Å². The van der Waals surface area contributed by atoms with E-state index in [9.17, 15) is 19.4 Å². The molecule has 0 fully saturated rings. The lowest BCUT2D eigenvalue weighted by Gasteiger charge is -2.29. The van der Waals surface area contributed by atoms with Crippen molar-refractivity contribution in [2.24, 2.45) is 0 Å². The van der Waals surface area contributed by atoms with Gasteiger partial charge in [0.1, 0.15) is 13.2 Å². The number of nitrogens with zero attached hydrogens (tertiary/aromatic N) is 1. The minimum atomic E-state index is -4.57. The van der Waals surface area contributed by atoms with Crippen LogP contribution in [0.25, 0.3) is 0 Å². The Labute approximate surface area is 367 Å². The number of hydrogen-bond acceptors (Lipinski definition) is 6. The Kier molecular flexibility index (Phi) is 42.0. The third-order valence-corrected chi connectivity index (χ3v) is 12.7. The van der Waals surface area contributed by atoms with Crippen molar-refractivity contribution in [3.05, 3.63) is 12.2 Å². The van der Waals surface area contributed by atoms with E-state index < -0.39 is 20.0 Å². The predicted octanol–water partition coefficient (Wildman–Crippen LogP) is 14.1. The molecule has 0 aromatic rings. The highest BCUT2D eigenvalue weighted by Crippen LogP contribution is 2.38. The van der Waals surface area contributed by atoms with Crippen LogP contribution in [0.4, 0.5) is 0 Å². The van der Waals surface area contributed by atoms with Crippen LogP contribution in [0.2, 0.25) is 0 Å². The highest BCUT2D eigenvalue weighted by Gasteiger charge is 2.23. The Morgan fingerprint density at radius 1 is 0.576 bits per heavy atom. The number of rotatable bonds is 47. The Hall–Kier alpha value is -0.760. The Bertz CT molecular complexity index is 974. The van der Waals surface area contributed by atoms with E-state index in [1.807, 2.05) is 27.2 Å². The third kappa shape index (κ3) is 45.1. The number of nitrogens with one attached hydrogen (secondary N) is 1. The largest absolute Gasteiger partial charge is 0.756 e. The lowest BCUT2D eigenvalue weighted by Crippen LogP contribution is -2.45. The second kappa shape index (κ2) is 42.5. The number of quaternary nitrogens is 1. The second-order valence-corrected chi connectivity index (χ2v) is 20.3. The lowest BCUT2D eigenvalue weighted by molar-refractivity contribution is -0.870. The summed E-state index contributed by atoms with van der Waals surface area (Å²) in [5, 5.41) is 13.6. The molecule has 3 atom stereocenters. The van der Waals surface area contributed by atoms with Gasteiger partial charge in [0.2, 0.25) is 5.91 Å². The third-order valence-electron chi connectivity index (χ3n) is 11.7. The van der Waals surface area contributed by atoms with E-state index in [2.05, 4.69) is 19.2 Å². The van der Waals surface area contributed by atoms with E-state index in [4.69, 9.17) is 9.05 Å². The number of aliphatic hydroxyl groups excluding tert-OH is 1. The maximum absolute atomic E-state index is 12.8. The average Bonchev–Trinajstić information content (AvgIpc) is 3.19. The molecule has 9 heteroatoms. The number of aliphatic hydroxyl groups is 1. The number of hydrogen-bond donors (Lipinski definition) is 2. The van der Waals surface area contributed by atoms with Crippen molar-refractivity contribution in [2.75, 3.05) is 40.9 Å². The maximum Gasteiger partial charge on any atom is 0.268 e. The number of likely N-dealkylation sites (N-methyl/N-ethyl adjacent to an activating group) is 1. The molecule has 3 unspecified atom stereocenters. The van der Waals surface area contributed by atoms with Crippen molar-refractivity contribution in [1.82, 2.24) is 5.32 Å². The van der Waals surface area contributed by atoms with Gasteiger partial charge in [-0.15, -0.1) is 0 Å². The van der Waals surface area contributed by atoms with E-state index in [-0.39, 0.29) is 19.1 Å². The molecular formula is C50H101N2O6P. The van der Waals surface area contributed by atoms with Crippen molar-refractivity contribution >= 4 is 13.7 Å². The maximum atomic E-state index is 12.8. The summed E-state index contributed by atoms with van der Waals surface area (Å²) in [5.74, 6) is -0.200. The summed E-state index contributed by atoms with van der Waals surface area (Å²) >= 11 is 0. The van der Waals surface area contributed by atoms with Gasteiger partial charge in [0.15, 0.2) is 0 Å². The van der Waals surface area contributed by atoms with E-state index in [0.29, 0.717) is 17.4 Å². The summed E-state index contributed by atoms with van der Waals surface area (Å²) in [6, 6.07) is -0.877. The molecular weight excluding hydrogens is 756 g/mol. The molecule has 0 aliphatic carbocycles. The van der Waals surface area contributed by atoms with Crippen LogP contribution in [0.1, 0.15) is 251 Å². The van der Waals surface area contributed by atoms with Crippen LogP contribution >= 0.6 is 7.82 Å². The van der Waals surface area contributed by atoms with Crippen LogP contribution < -0.4 is 10.2 Å². The molecule has 0 spiro atoms. The molecule has 0 saturated carbocycles. The number of amides is 1. The monoisotopic (exact) mass is 857 g/mol. The number of phosphoric ester groups is 1. The zero-order valence-electron chi connectivity index (χ0n) is 40.0. The molecule has 1 amide bonds. The molecule has 0 heterocycles. The van der Waals surface area contributed by atoms with Crippen molar-refractivity contribution < 1.29 is 32.9 Å². The summed E-state index contributed by atoms with van der Waals surface area (Å²) in [6.45, 7) is 4.55. The molecule has 0 rings (SSSR count). The first-order valence-corrected chi connectivity index (χ1v) is 27.0. The zero-order chi connectivity index (χ0) is 43.6. The molecule has 0 saturated heterocycles. The van der Waals surface area contributed by atoms with Gasteiger partial charge in [-0.25, -0.2) is 0 Å². The molecule has 8 nitrogen and oxygen atoms in total. The highest BCUT2D eigenvalue weighted by atomic mass is 31.2. The van der Waals surface area contributed by atoms with Gasteiger partial charge in [-0.2, -0.15) is 0 Å². The Balaban J connectivity index is 3.75. The normalized spacial score (nSPS) is 14.2. The molecule has 2 N–H and O–H groups in total. The van der Waals surface area contributed by atoms with Crippen molar-refractivity contribution in [3.8, 4) is 0 Å². The first kappa shape index (κ1) is 58.2. The molecule has 0 bridgehead atoms. The zero-order valence-corrected chi connectivity index (χ0v) is 40.9. The first-order valence-electron chi connectivity index (χ1n) is 25.6. The number of carbonyl (C=O) groups excluding carboxylic acids is 1. The molecule has 0 aliphatic rings. The Morgan fingerprint density at radius 3 is 1.27 bits per heavy atom. The lowest BCUT2D eigenvalue weighted by atomic mass is 10.0. The minimum absolute atomic E-state index is 0.000896. The van der Waals surface area contributed by atoms with Crippen LogP contribution in [-0.4, -0.2) is 68.5 Å². The van der Waals surface area contributed by atoms with E-state index in [1.54, 1.807) is 6.08 Å². The van der Waals surface area contributed by atoms with Gasteiger partial charge in [-0.1, -0.05) is 238 Å². The minimum Gasteiger partial charge on any atom is -0.756 e. The van der Waals surface area contributed by atoms with Crippen LogP contribution in [0.15, 0.2) is 12.2 Å². The molecule has 0 radical (unpaired) electrons. The first-order chi connectivity index (χ1) is 28.5. The SMILES string of the molecule is CCCCC/C=C/C(O)C(COP(=O)([O-])OCC[N+](C)(C)C)NC(=O)CCCCCCCCCCCCCCCCCCCCCCCCCCCCCCCCCC. The van der Waals surface area contributed by atoms with Crippen molar-refractivity contribution in [3.63, 3.8) is 0 Å².